The van der Waals surface area contributed by atoms with Gasteiger partial charge in [-0.15, -0.1) is 0 Å². The van der Waals surface area contributed by atoms with E-state index in [1.807, 2.05) is 30.3 Å². The van der Waals surface area contributed by atoms with Crippen molar-refractivity contribution in [2.24, 2.45) is 0 Å². The van der Waals surface area contributed by atoms with Crippen molar-refractivity contribution in [2.45, 2.75) is 12.7 Å². The number of methoxy groups -OCH3 is 1. The molecule has 1 atom stereocenters. The fourth-order valence-corrected chi connectivity index (χ4v) is 1.20. The molecule has 0 fully saturated rings. The Morgan fingerprint density at radius 3 is 2.50 bits per heavy atom. The summed E-state index contributed by atoms with van der Waals surface area (Å²) in [4.78, 5) is 0. The molecule has 0 amide bonds. The van der Waals surface area contributed by atoms with Crippen molar-refractivity contribution in [1.29, 1.82) is 0 Å². The Bertz CT molecular complexity index is 263. The molecule has 90 valence electrons. The van der Waals surface area contributed by atoms with Crippen LogP contribution in [0.4, 0.5) is 0 Å². The highest BCUT2D eigenvalue weighted by molar-refractivity contribution is 5.13. The summed E-state index contributed by atoms with van der Waals surface area (Å²) in [6, 6.07) is 9.83. The van der Waals surface area contributed by atoms with Crippen molar-refractivity contribution in [1.82, 2.24) is 0 Å². The Morgan fingerprint density at radius 2 is 1.81 bits per heavy atom. The quantitative estimate of drug-likeness (QED) is 0.534. The van der Waals surface area contributed by atoms with E-state index in [9.17, 15) is 5.11 Å². The van der Waals surface area contributed by atoms with Gasteiger partial charge in [-0.2, -0.15) is 0 Å². The van der Waals surface area contributed by atoms with E-state index in [1.165, 1.54) is 7.11 Å². The molecule has 0 heterocycles. The monoisotopic (exact) mass is 226 g/mol. The zero-order valence-corrected chi connectivity index (χ0v) is 9.46. The minimum atomic E-state index is -0.612. The molecule has 0 aliphatic heterocycles. The maximum absolute atomic E-state index is 9.45. The Kier molecular flexibility index (Phi) is 6.76. The standard InChI is InChI=1S/C12H18O4/c1-14-10-16-9-12(13)8-15-7-11-5-3-2-4-6-11/h2-6,12-13H,7-10H2,1H3. The second-order valence-electron chi connectivity index (χ2n) is 3.43. The van der Waals surface area contributed by atoms with E-state index >= 15 is 0 Å². The van der Waals surface area contributed by atoms with Crippen LogP contribution < -0.4 is 0 Å². The summed E-state index contributed by atoms with van der Waals surface area (Å²) < 4.78 is 15.0. The third kappa shape index (κ3) is 5.82. The first kappa shape index (κ1) is 13.1. The van der Waals surface area contributed by atoms with Gasteiger partial charge in [0.05, 0.1) is 19.8 Å². The minimum Gasteiger partial charge on any atom is -0.388 e. The Labute approximate surface area is 95.8 Å². The van der Waals surface area contributed by atoms with Crippen molar-refractivity contribution in [3.63, 3.8) is 0 Å². The number of aliphatic hydroxyl groups excluding tert-OH is 1. The van der Waals surface area contributed by atoms with Crippen molar-refractivity contribution in [3.05, 3.63) is 35.9 Å². The molecule has 16 heavy (non-hydrogen) atoms. The predicted molar refractivity (Wildman–Crippen MR) is 59.9 cm³/mol. The molecule has 0 aliphatic rings. The zero-order chi connectivity index (χ0) is 11.6. The lowest BCUT2D eigenvalue weighted by molar-refractivity contribution is -0.0796. The number of hydrogen-bond acceptors (Lipinski definition) is 4. The number of aliphatic hydroxyl groups is 1. The van der Waals surface area contributed by atoms with Gasteiger partial charge in [0.2, 0.25) is 0 Å². The van der Waals surface area contributed by atoms with Crippen LogP contribution in [0.3, 0.4) is 0 Å². The maximum Gasteiger partial charge on any atom is 0.146 e. The minimum absolute atomic E-state index is 0.190. The van der Waals surface area contributed by atoms with Crippen molar-refractivity contribution in [2.75, 3.05) is 27.1 Å². The SMILES string of the molecule is COCOCC(O)COCc1ccccc1. The van der Waals surface area contributed by atoms with E-state index < -0.39 is 6.10 Å². The van der Waals surface area contributed by atoms with Crippen LogP contribution in [-0.2, 0) is 20.8 Å². The molecule has 1 aromatic carbocycles. The van der Waals surface area contributed by atoms with E-state index in [0.29, 0.717) is 6.61 Å². The molecule has 0 saturated carbocycles. The lowest BCUT2D eigenvalue weighted by Crippen LogP contribution is -2.22. The molecule has 0 radical (unpaired) electrons. The highest BCUT2D eigenvalue weighted by Gasteiger charge is 2.04. The van der Waals surface area contributed by atoms with Gasteiger partial charge in [-0.1, -0.05) is 30.3 Å². The van der Waals surface area contributed by atoms with Gasteiger partial charge < -0.3 is 19.3 Å². The smallest absolute Gasteiger partial charge is 0.146 e. The van der Waals surface area contributed by atoms with Gasteiger partial charge in [0.25, 0.3) is 0 Å². The zero-order valence-electron chi connectivity index (χ0n) is 9.46. The Balaban J connectivity index is 2.06. The molecule has 1 N–H and O–H groups in total. The fraction of sp³-hybridized carbons (Fsp3) is 0.500. The van der Waals surface area contributed by atoms with Crippen LogP contribution in [0, 0.1) is 0 Å². The summed E-state index contributed by atoms with van der Waals surface area (Å²) in [6.07, 6.45) is -0.612. The number of rotatable bonds is 8. The highest BCUT2D eigenvalue weighted by atomic mass is 16.7. The third-order valence-corrected chi connectivity index (χ3v) is 1.93. The highest BCUT2D eigenvalue weighted by Crippen LogP contribution is 2.01. The van der Waals surface area contributed by atoms with E-state index in [1.54, 1.807) is 0 Å². The second-order valence-corrected chi connectivity index (χ2v) is 3.43. The van der Waals surface area contributed by atoms with Crippen LogP contribution in [0.25, 0.3) is 0 Å². The van der Waals surface area contributed by atoms with Gasteiger partial charge in [0, 0.05) is 7.11 Å². The molecule has 0 bridgehead atoms. The van der Waals surface area contributed by atoms with E-state index in [-0.39, 0.29) is 20.0 Å². The van der Waals surface area contributed by atoms with E-state index in [2.05, 4.69) is 0 Å². The molecule has 4 heteroatoms. The molecule has 4 nitrogen and oxygen atoms in total. The first-order chi connectivity index (χ1) is 7.83. The first-order valence-corrected chi connectivity index (χ1v) is 5.19. The number of hydrogen-bond donors (Lipinski definition) is 1. The van der Waals surface area contributed by atoms with Crippen LogP contribution in [0.15, 0.2) is 30.3 Å². The number of ether oxygens (including phenoxy) is 3. The summed E-state index contributed by atoms with van der Waals surface area (Å²) in [5.41, 5.74) is 1.09. The van der Waals surface area contributed by atoms with Gasteiger partial charge in [0.1, 0.15) is 12.9 Å². The van der Waals surface area contributed by atoms with Crippen LogP contribution in [0.5, 0.6) is 0 Å². The lowest BCUT2D eigenvalue weighted by atomic mass is 10.2. The molecule has 1 aromatic rings. The van der Waals surface area contributed by atoms with E-state index in [0.717, 1.165) is 5.56 Å². The topological polar surface area (TPSA) is 47.9 Å². The largest absolute Gasteiger partial charge is 0.388 e. The predicted octanol–water partition coefficient (Wildman–Crippen LogP) is 1.18. The lowest BCUT2D eigenvalue weighted by Gasteiger charge is -2.11. The van der Waals surface area contributed by atoms with Crippen LogP contribution in [0.1, 0.15) is 5.56 Å². The molecule has 0 aliphatic carbocycles. The first-order valence-electron chi connectivity index (χ1n) is 5.19. The summed E-state index contributed by atoms with van der Waals surface area (Å²) in [5, 5.41) is 9.45. The average molecular weight is 226 g/mol. The summed E-state index contributed by atoms with van der Waals surface area (Å²) in [5.74, 6) is 0. The number of benzene rings is 1. The van der Waals surface area contributed by atoms with Crippen LogP contribution in [-0.4, -0.2) is 38.3 Å². The molecular formula is C12H18O4. The molecule has 0 spiro atoms. The molecular weight excluding hydrogens is 208 g/mol. The van der Waals surface area contributed by atoms with Gasteiger partial charge in [-0.25, -0.2) is 0 Å². The Hall–Kier alpha value is -0.940. The summed E-state index contributed by atoms with van der Waals surface area (Å²) >= 11 is 0. The molecule has 0 saturated heterocycles. The maximum atomic E-state index is 9.45. The van der Waals surface area contributed by atoms with Gasteiger partial charge in [-0.3, -0.25) is 0 Å². The summed E-state index contributed by atoms with van der Waals surface area (Å²) in [7, 11) is 1.54. The normalized spacial score (nSPS) is 12.6. The Morgan fingerprint density at radius 1 is 1.12 bits per heavy atom. The molecule has 1 rings (SSSR count). The second kappa shape index (κ2) is 8.24. The van der Waals surface area contributed by atoms with Crippen LogP contribution in [0.2, 0.25) is 0 Å². The molecule has 0 aromatic heterocycles. The van der Waals surface area contributed by atoms with Crippen molar-refractivity contribution < 1.29 is 19.3 Å². The fourth-order valence-electron chi connectivity index (χ4n) is 1.20. The van der Waals surface area contributed by atoms with Gasteiger partial charge >= 0.3 is 0 Å². The van der Waals surface area contributed by atoms with Gasteiger partial charge in [-0.05, 0) is 5.56 Å². The summed E-state index contributed by atoms with van der Waals surface area (Å²) in [6.45, 7) is 1.18. The average Bonchev–Trinajstić information content (AvgIpc) is 2.31. The van der Waals surface area contributed by atoms with Gasteiger partial charge in [0.15, 0.2) is 0 Å². The van der Waals surface area contributed by atoms with Crippen molar-refractivity contribution >= 4 is 0 Å². The van der Waals surface area contributed by atoms with Crippen molar-refractivity contribution in [3.8, 4) is 0 Å². The van der Waals surface area contributed by atoms with E-state index in [4.69, 9.17) is 14.2 Å². The van der Waals surface area contributed by atoms with Crippen LogP contribution >= 0.6 is 0 Å². The third-order valence-electron chi connectivity index (χ3n) is 1.93. The molecule has 1 unspecified atom stereocenters.